The minimum atomic E-state index is -0.959. The van der Waals surface area contributed by atoms with E-state index >= 15 is 4.39 Å². The van der Waals surface area contributed by atoms with Crippen LogP contribution in [0.2, 0.25) is 0 Å². The van der Waals surface area contributed by atoms with Gasteiger partial charge in [0.2, 0.25) is 23.6 Å². The molecule has 14 heteroatoms. The van der Waals surface area contributed by atoms with Crippen LogP contribution in [0.3, 0.4) is 0 Å². The third-order valence-corrected chi connectivity index (χ3v) is 10.9. The fourth-order valence-electron chi connectivity index (χ4n) is 6.64. The van der Waals surface area contributed by atoms with Crippen molar-refractivity contribution in [3.05, 3.63) is 70.4 Å². The lowest BCUT2D eigenvalue weighted by Crippen LogP contribution is -2.57. The van der Waals surface area contributed by atoms with Gasteiger partial charge in [-0.1, -0.05) is 58.4 Å². The predicted octanol–water partition coefficient (Wildman–Crippen LogP) is 6.15. The second kappa shape index (κ2) is 19.4. The number of unbranched alkanes of at least 4 members (excludes halogenated alkanes) is 2. The first kappa shape index (κ1) is 43.3. The number of rotatable bonds is 18. The Labute approximate surface area is 326 Å². The number of aliphatic hydroxyl groups is 1. The van der Waals surface area contributed by atoms with Crippen LogP contribution in [0.25, 0.3) is 10.4 Å². The van der Waals surface area contributed by atoms with Crippen LogP contribution in [-0.4, -0.2) is 70.0 Å². The number of β-amino-alcohol motifs (C(OH)–C–C–N with tert-alkyl or cyclic N) is 1. The van der Waals surface area contributed by atoms with E-state index in [0.717, 1.165) is 33.8 Å². The lowest BCUT2D eigenvalue weighted by Gasteiger charge is -2.35. The summed E-state index contributed by atoms with van der Waals surface area (Å²) in [7, 11) is 0. The fraction of sp³-hybridized carbons (Fsp3) is 0.537. The first-order valence-corrected chi connectivity index (χ1v) is 19.8. The van der Waals surface area contributed by atoms with Crippen molar-refractivity contribution >= 4 is 35.0 Å². The molecule has 1 fully saturated rings. The van der Waals surface area contributed by atoms with E-state index < -0.39 is 47.1 Å². The van der Waals surface area contributed by atoms with Gasteiger partial charge in [0.25, 0.3) is 0 Å². The average molecular weight is 784 g/mol. The van der Waals surface area contributed by atoms with Gasteiger partial charge in [0.15, 0.2) is 11.6 Å². The van der Waals surface area contributed by atoms with Crippen molar-refractivity contribution in [1.82, 2.24) is 20.5 Å². The topological polar surface area (TPSA) is 164 Å². The highest BCUT2D eigenvalue weighted by Gasteiger charge is 2.44. The molecule has 0 unspecified atom stereocenters. The quantitative estimate of drug-likeness (QED) is 0.113. The highest BCUT2D eigenvalue weighted by atomic mass is 32.1. The zero-order chi connectivity index (χ0) is 40.4. The van der Waals surface area contributed by atoms with E-state index in [1.54, 1.807) is 16.8 Å². The van der Waals surface area contributed by atoms with Crippen molar-refractivity contribution in [2.24, 2.45) is 17.1 Å². The summed E-state index contributed by atoms with van der Waals surface area (Å²) < 4.78 is 34.9. The maximum absolute atomic E-state index is 15.1. The number of hydrogen-bond acceptors (Lipinski definition) is 8. The number of nitrogens with zero attached hydrogens (tertiary/aromatic N) is 2. The Morgan fingerprint density at radius 1 is 1.05 bits per heavy atom. The van der Waals surface area contributed by atoms with Crippen molar-refractivity contribution in [1.29, 1.82) is 0 Å². The molecule has 0 aliphatic carbocycles. The zero-order valence-electron chi connectivity index (χ0n) is 32.6. The Morgan fingerprint density at radius 3 is 2.40 bits per heavy atom. The number of nitrogens with two attached hydrogens (primary N) is 1. The minimum absolute atomic E-state index is 0.0334. The molecule has 3 aromatic rings. The van der Waals surface area contributed by atoms with Gasteiger partial charge in [-0.3, -0.25) is 19.2 Å². The van der Waals surface area contributed by atoms with Gasteiger partial charge >= 0.3 is 0 Å². The third kappa shape index (κ3) is 12.3. The maximum atomic E-state index is 15.1. The number of nitrogens with one attached hydrogen (secondary N) is 2. The first-order valence-electron chi connectivity index (χ1n) is 18.9. The van der Waals surface area contributed by atoms with Crippen molar-refractivity contribution in [2.75, 3.05) is 13.2 Å². The molecule has 1 saturated heterocycles. The number of ether oxygens (including phenoxy) is 1. The number of hydrogen-bond donors (Lipinski definition) is 4. The second-order valence-electron chi connectivity index (χ2n) is 15.7. The molecular weight excluding hydrogens is 729 g/mol. The number of aryl methyl sites for hydroxylation is 2. The number of amides is 4. The van der Waals surface area contributed by atoms with Crippen LogP contribution in [0.1, 0.15) is 102 Å². The van der Waals surface area contributed by atoms with Crippen LogP contribution in [0.15, 0.2) is 41.9 Å². The molecule has 55 heavy (non-hydrogen) atoms. The molecule has 0 spiro atoms. The van der Waals surface area contributed by atoms with E-state index in [0.29, 0.717) is 25.7 Å². The zero-order valence-corrected chi connectivity index (χ0v) is 33.4. The Bertz CT molecular complexity index is 1800. The SMILES string of the molecule is Cc1ncsc1-c1ccc([C@H](C)NC(=O)[C@@H]2C[C@@H](O)CN2C(=O)[C@@H](NC(=O)CCCCCc2cc(F)cc(OC[C@@H](C)CCC(N)=O)c2F)C(C)(C)C)cc1. The minimum Gasteiger partial charge on any atom is -0.490 e. The molecular formula is C41H55F2N5O6S. The Hall–Kier alpha value is -4.43. The van der Waals surface area contributed by atoms with Gasteiger partial charge in [-0.15, -0.1) is 11.3 Å². The number of carbonyl (C=O) groups excluding carboxylic acids is 4. The summed E-state index contributed by atoms with van der Waals surface area (Å²) in [5.41, 5.74) is 9.32. The molecule has 300 valence electrons. The number of benzene rings is 2. The van der Waals surface area contributed by atoms with Crippen molar-refractivity contribution in [3.8, 4) is 16.2 Å². The molecule has 5 N–H and O–H groups in total. The second-order valence-corrected chi connectivity index (χ2v) is 16.6. The number of thiazole rings is 1. The highest BCUT2D eigenvalue weighted by Crippen LogP contribution is 2.30. The number of halogens is 2. The van der Waals surface area contributed by atoms with Crippen LogP contribution in [0.4, 0.5) is 8.78 Å². The highest BCUT2D eigenvalue weighted by molar-refractivity contribution is 7.13. The van der Waals surface area contributed by atoms with Crippen molar-refractivity contribution < 1.29 is 37.8 Å². The van der Waals surface area contributed by atoms with E-state index in [2.05, 4.69) is 15.6 Å². The predicted molar refractivity (Wildman–Crippen MR) is 208 cm³/mol. The molecule has 4 rings (SSSR count). The largest absolute Gasteiger partial charge is 0.490 e. The van der Waals surface area contributed by atoms with E-state index in [-0.39, 0.29) is 73.9 Å². The van der Waals surface area contributed by atoms with Crippen molar-refractivity contribution in [2.45, 2.75) is 117 Å². The molecule has 0 radical (unpaired) electrons. The summed E-state index contributed by atoms with van der Waals surface area (Å²) in [6.07, 6.45) is 1.66. The molecule has 4 amide bonds. The summed E-state index contributed by atoms with van der Waals surface area (Å²) in [5.74, 6) is -3.15. The van der Waals surface area contributed by atoms with Crippen LogP contribution >= 0.6 is 11.3 Å². The number of aromatic nitrogens is 1. The molecule has 5 atom stereocenters. The van der Waals surface area contributed by atoms with Gasteiger partial charge in [-0.2, -0.15) is 0 Å². The van der Waals surface area contributed by atoms with E-state index in [9.17, 15) is 28.7 Å². The Morgan fingerprint density at radius 2 is 1.76 bits per heavy atom. The van der Waals surface area contributed by atoms with Crippen LogP contribution in [0, 0.1) is 29.9 Å². The summed E-state index contributed by atoms with van der Waals surface area (Å²) in [6.45, 7) is 11.2. The lowest BCUT2D eigenvalue weighted by molar-refractivity contribution is -0.144. The molecule has 2 aromatic carbocycles. The van der Waals surface area contributed by atoms with E-state index in [1.807, 2.05) is 65.8 Å². The van der Waals surface area contributed by atoms with Gasteiger partial charge in [0, 0.05) is 31.9 Å². The standard InChI is InChI=1S/C41H55F2N5O6S/c1-24(12-17-34(44)50)22-54-33-19-30(42)18-29(36(33)43)10-8-7-9-11-35(51)47-38(41(4,5)6)40(53)48-21-31(49)20-32(48)39(52)46-25(2)27-13-15-28(16-14-27)37-26(3)45-23-55-37/h13-16,18-19,23-25,31-32,38,49H,7-12,17,20-22H2,1-6H3,(H2,44,50)(H,46,52)(H,47,51)/t24-,25-,31+,32-,38+/m0/s1. The lowest BCUT2D eigenvalue weighted by atomic mass is 9.85. The van der Waals surface area contributed by atoms with E-state index in [1.165, 1.54) is 4.90 Å². The third-order valence-electron chi connectivity index (χ3n) is 9.90. The van der Waals surface area contributed by atoms with Gasteiger partial charge in [0.1, 0.15) is 17.9 Å². The number of aliphatic hydroxyl groups excluding tert-OH is 1. The molecule has 1 aliphatic heterocycles. The number of primary amides is 1. The maximum Gasteiger partial charge on any atom is 0.246 e. The monoisotopic (exact) mass is 783 g/mol. The molecule has 2 heterocycles. The van der Waals surface area contributed by atoms with Gasteiger partial charge in [0.05, 0.1) is 34.8 Å². The normalized spacial score (nSPS) is 17.4. The molecule has 1 aliphatic rings. The summed E-state index contributed by atoms with van der Waals surface area (Å²) in [5, 5.41) is 16.4. The Kier molecular flexibility index (Phi) is 15.3. The number of likely N-dealkylation sites (tertiary alicyclic amines) is 1. The van der Waals surface area contributed by atoms with Gasteiger partial charge in [-0.05, 0) is 73.6 Å². The Balaban J connectivity index is 1.29. The van der Waals surface area contributed by atoms with Crippen LogP contribution in [0.5, 0.6) is 5.75 Å². The molecule has 11 nitrogen and oxygen atoms in total. The van der Waals surface area contributed by atoms with Crippen LogP contribution < -0.4 is 21.1 Å². The molecule has 0 saturated carbocycles. The van der Waals surface area contributed by atoms with Gasteiger partial charge < -0.3 is 31.1 Å². The van der Waals surface area contributed by atoms with E-state index in [4.69, 9.17) is 10.5 Å². The molecule has 0 bridgehead atoms. The fourth-order valence-corrected chi connectivity index (χ4v) is 7.45. The average Bonchev–Trinajstić information content (AvgIpc) is 3.74. The van der Waals surface area contributed by atoms with Crippen LogP contribution in [-0.2, 0) is 25.6 Å². The smallest absolute Gasteiger partial charge is 0.246 e. The number of carbonyl (C=O) groups is 4. The van der Waals surface area contributed by atoms with Crippen molar-refractivity contribution in [3.63, 3.8) is 0 Å². The summed E-state index contributed by atoms with van der Waals surface area (Å²) in [4.78, 5) is 58.5. The first-order chi connectivity index (χ1) is 25.9. The molecule has 1 aromatic heterocycles. The summed E-state index contributed by atoms with van der Waals surface area (Å²) >= 11 is 1.56. The van der Waals surface area contributed by atoms with Gasteiger partial charge in [-0.25, -0.2) is 13.8 Å². The summed E-state index contributed by atoms with van der Waals surface area (Å²) in [6, 6.07) is 7.77.